The lowest BCUT2D eigenvalue weighted by atomic mass is 10.2. The van der Waals surface area contributed by atoms with Crippen LogP contribution in [0.3, 0.4) is 0 Å². The van der Waals surface area contributed by atoms with Gasteiger partial charge in [0.25, 0.3) is 0 Å². The van der Waals surface area contributed by atoms with E-state index in [0.29, 0.717) is 6.61 Å². The van der Waals surface area contributed by atoms with Crippen LogP contribution in [0.4, 0.5) is 0 Å². The average Bonchev–Trinajstić information content (AvgIpc) is 2.26. The summed E-state index contributed by atoms with van der Waals surface area (Å²) in [6.07, 6.45) is 3.79. The summed E-state index contributed by atoms with van der Waals surface area (Å²) < 4.78 is 24.1. The van der Waals surface area contributed by atoms with Crippen LogP contribution in [0.2, 0.25) is 0 Å². The molecule has 102 valence electrons. The highest BCUT2D eigenvalue weighted by atomic mass is 31.2. The Morgan fingerprint density at radius 2 is 2.12 bits per heavy atom. The molecule has 2 N–H and O–H groups in total. The Hall–Kier alpha value is 0.110. The molecule has 5 heteroatoms. The summed E-state index contributed by atoms with van der Waals surface area (Å²) in [6, 6.07) is 0. The molecule has 1 fully saturated rings. The van der Waals surface area contributed by atoms with Crippen molar-refractivity contribution in [1.82, 2.24) is 0 Å². The molecule has 1 saturated heterocycles. The third-order valence-corrected chi connectivity index (χ3v) is 6.18. The second-order valence-corrected chi connectivity index (χ2v) is 7.62. The topological polar surface area (TPSA) is 52.1 Å². The van der Waals surface area contributed by atoms with Gasteiger partial charge in [-0.1, -0.05) is 13.8 Å². The molecule has 17 heavy (non-hydrogen) atoms. The normalized spacial score (nSPS) is 33.3. The maximum Gasteiger partial charge on any atom is 0.390 e. The monoisotopic (exact) mass is 264 g/mol. The SMILES string of the molecule is CCC[NH2+][C@@](C)(CCC)[P@@]1(=O)OCC[C@H](C)O1. The number of hydrogen-bond acceptors (Lipinski definition) is 3. The van der Waals surface area contributed by atoms with Crippen LogP contribution in [0.15, 0.2) is 0 Å². The third-order valence-electron chi connectivity index (χ3n) is 3.36. The van der Waals surface area contributed by atoms with Crippen molar-refractivity contribution < 1.29 is 18.9 Å². The highest BCUT2D eigenvalue weighted by Crippen LogP contribution is 2.61. The van der Waals surface area contributed by atoms with Crippen molar-refractivity contribution in [2.75, 3.05) is 13.2 Å². The van der Waals surface area contributed by atoms with E-state index in [9.17, 15) is 4.57 Å². The lowest BCUT2D eigenvalue weighted by molar-refractivity contribution is -0.705. The molecule has 1 aliphatic heterocycles. The molecule has 4 nitrogen and oxygen atoms in total. The van der Waals surface area contributed by atoms with Gasteiger partial charge in [0.05, 0.1) is 19.3 Å². The lowest BCUT2D eigenvalue weighted by Gasteiger charge is -2.38. The van der Waals surface area contributed by atoms with Crippen LogP contribution in [-0.4, -0.2) is 24.5 Å². The molecule has 1 heterocycles. The predicted molar refractivity (Wildman–Crippen MR) is 69.1 cm³/mol. The molecule has 1 rings (SSSR count). The summed E-state index contributed by atoms with van der Waals surface area (Å²) >= 11 is 0. The second kappa shape index (κ2) is 6.33. The van der Waals surface area contributed by atoms with E-state index in [4.69, 9.17) is 9.05 Å². The highest BCUT2D eigenvalue weighted by Gasteiger charge is 2.52. The first-order valence-corrected chi connectivity index (χ1v) is 8.29. The minimum atomic E-state index is -2.99. The van der Waals surface area contributed by atoms with Crippen molar-refractivity contribution in [3.05, 3.63) is 0 Å². The second-order valence-electron chi connectivity index (χ2n) is 5.14. The Morgan fingerprint density at radius 3 is 2.65 bits per heavy atom. The van der Waals surface area contributed by atoms with Crippen LogP contribution < -0.4 is 5.32 Å². The number of rotatable bonds is 6. The molecular weight excluding hydrogens is 237 g/mol. The third kappa shape index (κ3) is 3.54. The maximum atomic E-state index is 12.9. The summed E-state index contributed by atoms with van der Waals surface area (Å²) in [7, 11) is -2.99. The van der Waals surface area contributed by atoms with Crippen molar-refractivity contribution in [2.24, 2.45) is 0 Å². The molecule has 1 aliphatic rings. The van der Waals surface area contributed by atoms with Crippen molar-refractivity contribution in [2.45, 2.75) is 64.8 Å². The van der Waals surface area contributed by atoms with E-state index in [2.05, 4.69) is 19.2 Å². The fourth-order valence-electron chi connectivity index (χ4n) is 2.24. The molecule has 0 saturated carbocycles. The highest BCUT2D eigenvalue weighted by molar-refractivity contribution is 7.55. The van der Waals surface area contributed by atoms with E-state index >= 15 is 0 Å². The molecule has 3 atom stereocenters. The van der Waals surface area contributed by atoms with Gasteiger partial charge >= 0.3 is 7.60 Å². The Labute approximate surface area is 105 Å². The fourth-order valence-corrected chi connectivity index (χ4v) is 4.61. The zero-order valence-corrected chi connectivity index (χ0v) is 12.5. The van der Waals surface area contributed by atoms with E-state index in [1.165, 1.54) is 0 Å². The van der Waals surface area contributed by atoms with E-state index in [0.717, 1.165) is 32.2 Å². The van der Waals surface area contributed by atoms with Crippen LogP contribution in [0, 0.1) is 0 Å². The smallest absolute Gasteiger partial charge is 0.332 e. The summed E-state index contributed by atoms with van der Waals surface area (Å²) in [5.74, 6) is 0. The van der Waals surface area contributed by atoms with Gasteiger partial charge in [-0.15, -0.1) is 0 Å². The Bertz CT molecular complexity index is 285. The Kier molecular flexibility index (Phi) is 5.65. The molecule has 0 aliphatic carbocycles. The van der Waals surface area contributed by atoms with Gasteiger partial charge in [-0.25, -0.2) is 0 Å². The quantitative estimate of drug-likeness (QED) is 0.750. The standard InChI is InChI=1S/C12H26NO3P/c1-5-8-12(4,13-9-6-2)17(14)15-10-7-11(3)16-17/h11,13H,5-10H2,1-4H3/p+1/t11-,12+,17+/m0/s1. The van der Waals surface area contributed by atoms with Gasteiger partial charge in [0.15, 0.2) is 5.28 Å². The average molecular weight is 264 g/mol. The largest absolute Gasteiger partial charge is 0.390 e. The molecule has 0 bridgehead atoms. The van der Waals surface area contributed by atoms with Crippen molar-refractivity contribution in [1.29, 1.82) is 0 Å². The minimum absolute atomic E-state index is 0.0424. The lowest BCUT2D eigenvalue weighted by Crippen LogP contribution is -2.95. The summed E-state index contributed by atoms with van der Waals surface area (Å²) in [6.45, 7) is 9.74. The first-order valence-electron chi connectivity index (χ1n) is 6.75. The zero-order valence-electron chi connectivity index (χ0n) is 11.6. The van der Waals surface area contributed by atoms with Crippen LogP contribution in [0.25, 0.3) is 0 Å². The number of quaternary nitrogens is 1. The minimum Gasteiger partial charge on any atom is -0.332 e. The van der Waals surface area contributed by atoms with Crippen molar-refractivity contribution in [3.63, 3.8) is 0 Å². The summed E-state index contributed by atoms with van der Waals surface area (Å²) in [5, 5.41) is 1.72. The van der Waals surface area contributed by atoms with E-state index in [1.807, 2.05) is 13.8 Å². The van der Waals surface area contributed by atoms with Crippen LogP contribution >= 0.6 is 7.60 Å². The molecule has 0 radical (unpaired) electrons. The molecular formula is C12H27NO3P+. The van der Waals surface area contributed by atoms with E-state index < -0.39 is 12.9 Å². The number of hydrogen-bond donors (Lipinski definition) is 1. The molecule has 0 spiro atoms. The van der Waals surface area contributed by atoms with Gasteiger partial charge in [0.1, 0.15) is 0 Å². The molecule has 0 aromatic carbocycles. The molecule has 0 unspecified atom stereocenters. The van der Waals surface area contributed by atoms with Crippen LogP contribution in [0.5, 0.6) is 0 Å². The first kappa shape index (κ1) is 15.2. The van der Waals surface area contributed by atoms with Gasteiger partial charge in [-0.05, 0) is 26.2 Å². The summed E-state index contributed by atoms with van der Waals surface area (Å²) in [5.41, 5.74) is 0. The Morgan fingerprint density at radius 1 is 1.41 bits per heavy atom. The predicted octanol–water partition coefficient (Wildman–Crippen LogP) is 2.49. The van der Waals surface area contributed by atoms with Crippen molar-refractivity contribution in [3.8, 4) is 0 Å². The fraction of sp³-hybridized carbons (Fsp3) is 1.00. The van der Waals surface area contributed by atoms with Gasteiger partial charge in [0, 0.05) is 13.3 Å². The van der Waals surface area contributed by atoms with Crippen LogP contribution in [0.1, 0.15) is 53.4 Å². The summed E-state index contributed by atoms with van der Waals surface area (Å²) in [4.78, 5) is 0. The molecule has 0 amide bonds. The van der Waals surface area contributed by atoms with Gasteiger partial charge in [-0.2, -0.15) is 0 Å². The van der Waals surface area contributed by atoms with Gasteiger partial charge in [0.2, 0.25) is 0 Å². The molecule has 0 aromatic heterocycles. The van der Waals surface area contributed by atoms with Crippen LogP contribution in [-0.2, 0) is 13.6 Å². The Balaban J connectivity index is 2.83. The molecule has 0 aromatic rings. The maximum absolute atomic E-state index is 12.9. The van der Waals surface area contributed by atoms with E-state index in [-0.39, 0.29) is 6.10 Å². The van der Waals surface area contributed by atoms with E-state index in [1.54, 1.807) is 0 Å². The number of nitrogens with two attached hydrogens (primary N) is 1. The van der Waals surface area contributed by atoms with Gasteiger partial charge in [-0.3, -0.25) is 4.57 Å². The zero-order chi connectivity index (χ0) is 12.9. The van der Waals surface area contributed by atoms with Crippen molar-refractivity contribution >= 4 is 7.60 Å². The first-order chi connectivity index (χ1) is 7.97. The van der Waals surface area contributed by atoms with Gasteiger partial charge < -0.3 is 14.4 Å².